The lowest BCUT2D eigenvalue weighted by atomic mass is 9.93. The molecule has 0 saturated heterocycles. The SMILES string of the molecule is Cl.N[C@@H](c1c(C(F)(F)F)ccc(Cl)c1F)[C@H](O)C1CC1. The molecule has 1 aromatic rings. The summed E-state index contributed by atoms with van der Waals surface area (Å²) in [7, 11) is 0. The average Bonchev–Trinajstić information content (AvgIpc) is 3.13. The molecule has 20 heavy (non-hydrogen) atoms. The van der Waals surface area contributed by atoms with Gasteiger partial charge in [-0.3, -0.25) is 0 Å². The Labute approximate surface area is 124 Å². The van der Waals surface area contributed by atoms with Crippen LogP contribution in [0.1, 0.15) is 30.0 Å². The third-order valence-corrected chi connectivity index (χ3v) is 3.54. The van der Waals surface area contributed by atoms with Crippen molar-refractivity contribution < 1.29 is 22.7 Å². The first-order chi connectivity index (χ1) is 8.73. The summed E-state index contributed by atoms with van der Waals surface area (Å²) in [6, 6.07) is 0.0717. The second-order valence-corrected chi connectivity index (χ2v) is 5.08. The summed E-state index contributed by atoms with van der Waals surface area (Å²) in [5.41, 5.74) is 3.64. The lowest BCUT2D eigenvalue weighted by Crippen LogP contribution is -2.31. The molecule has 2 rings (SSSR count). The van der Waals surface area contributed by atoms with Crippen molar-refractivity contribution in [2.24, 2.45) is 11.7 Å². The van der Waals surface area contributed by atoms with Gasteiger partial charge >= 0.3 is 6.18 Å². The van der Waals surface area contributed by atoms with Gasteiger partial charge in [-0.1, -0.05) is 11.6 Å². The van der Waals surface area contributed by atoms with Gasteiger partial charge in [0.25, 0.3) is 0 Å². The highest BCUT2D eigenvalue weighted by Gasteiger charge is 2.41. The van der Waals surface area contributed by atoms with Crippen LogP contribution < -0.4 is 5.73 Å². The second-order valence-electron chi connectivity index (χ2n) is 4.67. The van der Waals surface area contributed by atoms with E-state index >= 15 is 0 Å². The molecular formula is C12H13Cl2F4NO. The van der Waals surface area contributed by atoms with Crippen LogP contribution in [0.5, 0.6) is 0 Å². The third kappa shape index (κ3) is 3.36. The first kappa shape index (κ1) is 17.5. The Balaban J connectivity index is 0.00000200. The van der Waals surface area contributed by atoms with Crippen LogP contribution in [0.15, 0.2) is 12.1 Å². The van der Waals surface area contributed by atoms with Gasteiger partial charge in [-0.05, 0) is 30.9 Å². The van der Waals surface area contributed by atoms with Crippen molar-refractivity contribution in [1.82, 2.24) is 0 Å². The fraction of sp³-hybridized carbons (Fsp3) is 0.500. The topological polar surface area (TPSA) is 46.2 Å². The molecule has 1 aromatic carbocycles. The molecule has 3 N–H and O–H groups in total. The zero-order valence-corrected chi connectivity index (χ0v) is 11.7. The molecule has 0 aromatic heterocycles. The van der Waals surface area contributed by atoms with Crippen LogP contribution in [0, 0.1) is 11.7 Å². The quantitative estimate of drug-likeness (QED) is 0.828. The fourth-order valence-corrected chi connectivity index (χ4v) is 2.21. The van der Waals surface area contributed by atoms with E-state index in [-0.39, 0.29) is 18.3 Å². The van der Waals surface area contributed by atoms with Gasteiger partial charge in [0.05, 0.1) is 22.7 Å². The number of benzene rings is 1. The molecule has 0 heterocycles. The highest BCUT2D eigenvalue weighted by molar-refractivity contribution is 6.30. The Kier molecular flexibility index (Phi) is 5.29. The highest BCUT2D eigenvalue weighted by Crippen LogP contribution is 2.42. The molecule has 1 saturated carbocycles. The van der Waals surface area contributed by atoms with E-state index in [9.17, 15) is 22.7 Å². The molecule has 0 radical (unpaired) electrons. The van der Waals surface area contributed by atoms with Crippen LogP contribution in [0.4, 0.5) is 17.6 Å². The normalized spacial score (nSPS) is 18.4. The maximum Gasteiger partial charge on any atom is 0.416 e. The summed E-state index contributed by atoms with van der Waals surface area (Å²) in [6.07, 6.45) is -4.59. The van der Waals surface area contributed by atoms with E-state index in [2.05, 4.69) is 0 Å². The number of hydrogen-bond donors (Lipinski definition) is 2. The average molecular weight is 334 g/mol. The maximum atomic E-state index is 13.9. The summed E-state index contributed by atoms with van der Waals surface area (Å²) < 4.78 is 52.4. The molecule has 2 nitrogen and oxygen atoms in total. The number of alkyl halides is 3. The molecule has 0 amide bonds. The number of nitrogens with two attached hydrogens (primary N) is 1. The van der Waals surface area contributed by atoms with E-state index in [4.69, 9.17) is 17.3 Å². The predicted molar refractivity (Wildman–Crippen MR) is 69.3 cm³/mol. The standard InChI is InChI=1S/C12H12ClF4NO.ClH/c13-7-4-3-6(12(15,16)17)8(9(7)14)10(18)11(19)5-1-2-5;/h3-5,10-11,19H,1-2,18H2;1H/t10-,11+;/m0./s1. The van der Waals surface area contributed by atoms with Crippen molar-refractivity contribution in [3.63, 3.8) is 0 Å². The molecule has 1 aliphatic rings. The molecule has 0 aliphatic heterocycles. The Morgan fingerprint density at radius 3 is 2.30 bits per heavy atom. The van der Waals surface area contributed by atoms with Crippen molar-refractivity contribution >= 4 is 24.0 Å². The zero-order chi connectivity index (χ0) is 14.4. The van der Waals surface area contributed by atoms with Crippen molar-refractivity contribution in [1.29, 1.82) is 0 Å². The van der Waals surface area contributed by atoms with Gasteiger partial charge in [-0.2, -0.15) is 13.2 Å². The van der Waals surface area contributed by atoms with Gasteiger partial charge in [-0.15, -0.1) is 12.4 Å². The van der Waals surface area contributed by atoms with Gasteiger partial charge in [0.15, 0.2) is 0 Å². The molecule has 114 valence electrons. The van der Waals surface area contributed by atoms with Crippen molar-refractivity contribution in [3.05, 3.63) is 34.1 Å². The lowest BCUT2D eigenvalue weighted by Gasteiger charge is -2.23. The van der Waals surface area contributed by atoms with Crippen LogP contribution in [0.25, 0.3) is 0 Å². The molecular weight excluding hydrogens is 321 g/mol. The molecule has 0 unspecified atom stereocenters. The van der Waals surface area contributed by atoms with E-state index < -0.39 is 40.3 Å². The van der Waals surface area contributed by atoms with Crippen molar-refractivity contribution in [2.45, 2.75) is 31.2 Å². The van der Waals surface area contributed by atoms with Crippen LogP contribution in [-0.2, 0) is 6.18 Å². The molecule has 0 bridgehead atoms. The number of rotatable bonds is 3. The second kappa shape index (κ2) is 6.05. The molecule has 0 spiro atoms. The Morgan fingerprint density at radius 2 is 1.85 bits per heavy atom. The van der Waals surface area contributed by atoms with E-state index in [1.54, 1.807) is 0 Å². The number of halogens is 6. The number of aliphatic hydroxyl groups excluding tert-OH is 1. The summed E-state index contributed by atoms with van der Waals surface area (Å²) in [5.74, 6) is -1.39. The number of aliphatic hydroxyl groups is 1. The van der Waals surface area contributed by atoms with Gasteiger partial charge in [0.2, 0.25) is 0 Å². The lowest BCUT2D eigenvalue weighted by molar-refractivity contribution is -0.138. The van der Waals surface area contributed by atoms with Gasteiger partial charge in [0, 0.05) is 5.56 Å². The summed E-state index contributed by atoms with van der Waals surface area (Å²) in [4.78, 5) is 0. The minimum atomic E-state index is -4.75. The molecule has 1 fully saturated rings. The largest absolute Gasteiger partial charge is 0.416 e. The summed E-state index contributed by atoms with van der Waals surface area (Å²) >= 11 is 5.50. The smallest absolute Gasteiger partial charge is 0.391 e. The van der Waals surface area contributed by atoms with Gasteiger partial charge in [-0.25, -0.2) is 4.39 Å². The third-order valence-electron chi connectivity index (χ3n) is 3.24. The van der Waals surface area contributed by atoms with Crippen molar-refractivity contribution in [3.8, 4) is 0 Å². The Bertz CT molecular complexity index is 491. The highest BCUT2D eigenvalue weighted by atomic mass is 35.5. The van der Waals surface area contributed by atoms with E-state index in [1.807, 2.05) is 0 Å². The predicted octanol–water partition coefficient (Wildman–Crippen LogP) is 3.69. The molecule has 1 aliphatic carbocycles. The van der Waals surface area contributed by atoms with Gasteiger partial charge < -0.3 is 10.8 Å². The first-order valence-electron chi connectivity index (χ1n) is 5.72. The number of hydrogen-bond acceptors (Lipinski definition) is 2. The van der Waals surface area contributed by atoms with Crippen LogP contribution in [-0.4, -0.2) is 11.2 Å². The van der Waals surface area contributed by atoms with Crippen LogP contribution in [0.2, 0.25) is 5.02 Å². The van der Waals surface area contributed by atoms with E-state index in [0.29, 0.717) is 18.9 Å². The van der Waals surface area contributed by atoms with E-state index in [0.717, 1.165) is 6.07 Å². The summed E-state index contributed by atoms with van der Waals surface area (Å²) in [5, 5.41) is 9.37. The summed E-state index contributed by atoms with van der Waals surface area (Å²) in [6.45, 7) is 0. The minimum Gasteiger partial charge on any atom is -0.391 e. The van der Waals surface area contributed by atoms with Crippen LogP contribution in [0.3, 0.4) is 0 Å². The zero-order valence-electron chi connectivity index (χ0n) is 10.1. The first-order valence-corrected chi connectivity index (χ1v) is 6.10. The fourth-order valence-electron chi connectivity index (χ4n) is 2.04. The minimum absolute atomic E-state index is 0. The van der Waals surface area contributed by atoms with Crippen molar-refractivity contribution in [2.75, 3.05) is 0 Å². The van der Waals surface area contributed by atoms with Crippen LogP contribution >= 0.6 is 24.0 Å². The Hall–Kier alpha value is -0.560. The monoisotopic (exact) mass is 333 g/mol. The molecule has 8 heteroatoms. The molecule has 2 atom stereocenters. The maximum absolute atomic E-state index is 13.9. The van der Waals surface area contributed by atoms with Gasteiger partial charge in [0.1, 0.15) is 5.82 Å². The van der Waals surface area contributed by atoms with E-state index in [1.165, 1.54) is 0 Å². The Morgan fingerprint density at radius 1 is 1.30 bits per heavy atom.